The SMILES string of the molecule is Cc1cc(=O)c(C(=O)N2CC[C@@H]3CNC[C@@H]3CC2)nn1-c1ccccc1[N+](=O)[O-]. The summed E-state index contributed by atoms with van der Waals surface area (Å²) >= 11 is 0. The van der Waals surface area contributed by atoms with Crippen molar-refractivity contribution in [2.45, 2.75) is 19.8 Å². The van der Waals surface area contributed by atoms with Gasteiger partial charge in [-0.05, 0) is 50.8 Å². The van der Waals surface area contributed by atoms with E-state index < -0.39 is 16.3 Å². The Balaban J connectivity index is 1.68. The second-order valence-corrected chi connectivity index (χ2v) is 7.70. The minimum absolute atomic E-state index is 0.139. The average Bonchev–Trinajstić information content (AvgIpc) is 3.06. The third-order valence-corrected chi connectivity index (χ3v) is 5.92. The maximum Gasteiger partial charge on any atom is 0.294 e. The second-order valence-electron chi connectivity index (χ2n) is 7.70. The molecule has 2 atom stereocenters. The van der Waals surface area contributed by atoms with Crippen LogP contribution in [0.5, 0.6) is 0 Å². The van der Waals surface area contributed by atoms with Crippen molar-refractivity contribution in [3.05, 3.63) is 62.1 Å². The molecule has 1 aromatic heterocycles. The summed E-state index contributed by atoms with van der Waals surface area (Å²) in [4.78, 5) is 38.2. The Labute approximate surface area is 167 Å². The van der Waals surface area contributed by atoms with Crippen molar-refractivity contribution >= 4 is 11.6 Å². The Bertz CT molecular complexity index is 1000. The molecule has 2 aromatic rings. The van der Waals surface area contributed by atoms with Gasteiger partial charge in [-0.3, -0.25) is 19.7 Å². The molecule has 4 rings (SSSR count). The third kappa shape index (κ3) is 3.65. The number of nitrogens with one attached hydrogen (secondary N) is 1. The number of nitro groups is 1. The first-order valence-corrected chi connectivity index (χ1v) is 9.80. The van der Waals surface area contributed by atoms with Crippen LogP contribution in [0.25, 0.3) is 5.69 Å². The van der Waals surface area contributed by atoms with Crippen molar-refractivity contribution in [2.75, 3.05) is 26.2 Å². The van der Waals surface area contributed by atoms with Crippen LogP contribution >= 0.6 is 0 Å². The smallest absolute Gasteiger partial charge is 0.294 e. The molecule has 2 aliphatic rings. The fourth-order valence-electron chi connectivity index (χ4n) is 4.31. The predicted molar refractivity (Wildman–Crippen MR) is 106 cm³/mol. The number of nitro benzene ring substituents is 1. The lowest BCUT2D eigenvalue weighted by atomic mass is 9.92. The quantitative estimate of drug-likeness (QED) is 0.621. The highest BCUT2D eigenvalue weighted by molar-refractivity contribution is 5.92. The van der Waals surface area contributed by atoms with Crippen LogP contribution in [-0.2, 0) is 0 Å². The molecular weight excluding hydrogens is 374 g/mol. The van der Waals surface area contributed by atoms with E-state index in [1.165, 1.54) is 16.8 Å². The Hall–Kier alpha value is -3.07. The molecule has 0 spiro atoms. The van der Waals surface area contributed by atoms with Gasteiger partial charge in [-0.1, -0.05) is 12.1 Å². The van der Waals surface area contributed by atoms with E-state index in [9.17, 15) is 19.7 Å². The van der Waals surface area contributed by atoms with Crippen LogP contribution in [0.4, 0.5) is 5.69 Å². The lowest BCUT2D eigenvalue weighted by molar-refractivity contribution is -0.384. The molecule has 2 aliphatic heterocycles. The van der Waals surface area contributed by atoms with E-state index in [1.54, 1.807) is 30.0 Å². The van der Waals surface area contributed by atoms with Gasteiger partial charge >= 0.3 is 0 Å². The first kappa shape index (κ1) is 19.3. The summed E-state index contributed by atoms with van der Waals surface area (Å²) in [5.74, 6) is 0.708. The molecule has 2 fully saturated rings. The van der Waals surface area contributed by atoms with Crippen molar-refractivity contribution in [1.82, 2.24) is 20.0 Å². The van der Waals surface area contributed by atoms with E-state index in [4.69, 9.17) is 0 Å². The molecule has 2 saturated heterocycles. The van der Waals surface area contributed by atoms with E-state index in [0.717, 1.165) is 25.9 Å². The third-order valence-electron chi connectivity index (χ3n) is 5.92. The number of likely N-dealkylation sites (tertiary alicyclic amines) is 1. The Morgan fingerprint density at radius 3 is 2.52 bits per heavy atom. The Morgan fingerprint density at radius 1 is 1.21 bits per heavy atom. The van der Waals surface area contributed by atoms with Gasteiger partial charge in [0.1, 0.15) is 5.69 Å². The van der Waals surface area contributed by atoms with E-state index in [-0.39, 0.29) is 17.1 Å². The van der Waals surface area contributed by atoms with Gasteiger partial charge in [-0.25, -0.2) is 4.68 Å². The molecule has 0 saturated carbocycles. The molecule has 1 amide bonds. The van der Waals surface area contributed by atoms with Crippen LogP contribution in [0.1, 0.15) is 29.0 Å². The van der Waals surface area contributed by atoms with E-state index in [2.05, 4.69) is 10.4 Å². The first-order chi connectivity index (χ1) is 14.0. The maximum atomic E-state index is 13.1. The number of carbonyl (C=O) groups excluding carboxylic acids is 1. The molecule has 0 bridgehead atoms. The van der Waals surface area contributed by atoms with Crippen LogP contribution < -0.4 is 10.7 Å². The zero-order valence-corrected chi connectivity index (χ0v) is 16.2. The molecule has 0 aliphatic carbocycles. The van der Waals surface area contributed by atoms with E-state index >= 15 is 0 Å². The summed E-state index contributed by atoms with van der Waals surface area (Å²) in [7, 11) is 0. The highest BCUT2D eigenvalue weighted by Crippen LogP contribution is 2.27. The van der Waals surface area contributed by atoms with Crippen LogP contribution in [0.15, 0.2) is 35.1 Å². The van der Waals surface area contributed by atoms with Gasteiger partial charge in [-0.15, -0.1) is 0 Å². The molecule has 1 N–H and O–H groups in total. The molecule has 152 valence electrons. The predicted octanol–water partition coefficient (Wildman–Crippen LogP) is 1.52. The Morgan fingerprint density at radius 2 is 1.86 bits per heavy atom. The number of hydrogen-bond acceptors (Lipinski definition) is 6. The summed E-state index contributed by atoms with van der Waals surface area (Å²) in [6, 6.07) is 7.46. The summed E-state index contributed by atoms with van der Waals surface area (Å²) in [6.45, 7) is 4.75. The van der Waals surface area contributed by atoms with Crippen molar-refractivity contribution in [3.63, 3.8) is 0 Å². The van der Waals surface area contributed by atoms with Gasteiger partial charge in [0.25, 0.3) is 11.6 Å². The second kappa shape index (κ2) is 7.75. The number of fused-ring (bicyclic) bond motifs is 1. The molecule has 29 heavy (non-hydrogen) atoms. The van der Waals surface area contributed by atoms with Crippen LogP contribution in [-0.4, -0.2) is 51.7 Å². The zero-order chi connectivity index (χ0) is 20.5. The van der Waals surface area contributed by atoms with Crippen molar-refractivity contribution < 1.29 is 9.72 Å². The Kier molecular flexibility index (Phi) is 5.14. The molecule has 0 radical (unpaired) electrons. The normalized spacial score (nSPS) is 21.5. The summed E-state index contributed by atoms with van der Waals surface area (Å²) in [5.41, 5.74) is -0.148. The molecule has 1 aromatic carbocycles. The summed E-state index contributed by atoms with van der Waals surface area (Å²) < 4.78 is 1.31. The summed E-state index contributed by atoms with van der Waals surface area (Å²) in [5, 5.41) is 19.1. The van der Waals surface area contributed by atoms with Crippen molar-refractivity contribution in [1.29, 1.82) is 0 Å². The molecule has 9 heteroatoms. The molecule has 0 unspecified atom stereocenters. The number of carbonyl (C=O) groups is 1. The topological polar surface area (TPSA) is 110 Å². The lowest BCUT2D eigenvalue weighted by Crippen LogP contribution is -2.37. The number of amides is 1. The van der Waals surface area contributed by atoms with Gasteiger partial charge in [0.15, 0.2) is 5.69 Å². The largest absolute Gasteiger partial charge is 0.337 e. The van der Waals surface area contributed by atoms with Gasteiger partial charge < -0.3 is 10.2 Å². The highest BCUT2D eigenvalue weighted by atomic mass is 16.6. The van der Waals surface area contributed by atoms with Crippen LogP contribution in [0, 0.1) is 28.9 Å². The average molecular weight is 397 g/mol. The number of nitrogens with zero attached hydrogens (tertiary/aromatic N) is 4. The van der Waals surface area contributed by atoms with E-state index in [0.29, 0.717) is 30.6 Å². The van der Waals surface area contributed by atoms with Crippen molar-refractivity contribution in [2.24, 2.45) is 11.8 Å². The molecule has 9 nitrogen and oxygen atoms in total. The van der Waals surface area contributed by atoms with E-state index in [1.807, 2.05) is 0 Å². The number of benzene rings is 1. The lowest BCUT2D eigenvalue weighted by Gasteiger charge is -2.21. The summed E-state index contributed by atoms with van der Waals surface area (Å²) in [6.07, 6.45) is 1.79. The number of rotatable bonds is 3. The number of aromatic nitrogens is 2. The molecule has 3 heterocycles. The minimum atomic E-state index is -0.502. The number of para-hydroxylation sites is 2. The first-order valence-electron chi connectivity index (χ1n) is 9.80. The fraction of sp³-hybridized carbons (Fsp3) is 0.450. The monoisotopic (exact) mass is 397 g/mol. The number of aryl methyl sites for hydroxylation is 1. The highest BCUT2D eigenvalue weighted by Gasteiger charge is 2.33. The van der Waals surface area contributed by atoms with Crippen molar-refractivity contribution in [3.8, 4) is 5.69 Å². The standard InChI is InChI=1S/C20H23N5O4/c1-13-10-18(26)19(22-24(13)16-4-2-3-5-17(16)25(28)29)20(27)23-8-6-14-11-21-12-15(14)7-9-23/h2-5,10,14-15,21H,6-9,11-12H2,1H3/t14-,15+. The fourth-order valence-corrected chi connectivity index (χ4v) is 4.31. The van der Waals surface area contributed by atoms with Gasteiger partial charge in [0.2, 0.25) is 5.43 Å². The van der Waals surface area contributed by atoms with Gasteiger partial charge in [0.05, 0.1) is 4.92 Å². The maximum absolute atomic E-state index is 13.1. The van der Waals surface area contributed by atoms with Gasteiger partial charge in [-0.2, -0.15) is 5.10 Å². The van der Waals surface area contributed by atoms with Gasteiger partial charge in [0, 0.05) is 30.9 Å². The minimum Gasteiger partial charge on any atom is -0.337 e. The van der Waals surface area contributed by atoms with Crippen LogP contribution in [0.2, 0.25) is 0 Å². The zero-order valence-electron chi connectivity index (χ0n) is 16.2. The molecular formula is C20H23N5O4. The number of hydrogen-bond donors (Lipinski definition) is 1. The van der Waals surface area contributed by atoms with Crippen LogP contribution in [0.3, 0.4) is 0 Å².